The zero-order chi connectivity index (χ0) is 23.2. The minimum atomic E-state index is -0.333. The molecule has 0 spiro atoms. The molecule has 1 N–H and O–H groups in total. The van der Waals surface area contributed by atoms with Crippen molar-refractivity contribution in [3.63, 3.8) is 0 Å². The maximum atomic E-state index is 12.8. The predicted molar refractivity (Wildman–Crippen MR) is 131 cm³/mol. The zero-order valence-corrected chi connectivity index (χ0v) is 19.6. The summed E-state index contributed by atoms with van der Waals surface area (Å²) < 4.78 is 16.6. The van der Waals surface area contributed by atoms with Crippen molar-refractivity contribution in [3.05, 3.63) is 88.4 Å². The van der Waals surface area contributed by atoms with Gasteiger partial charge in [-0.1, -0.05) is 35.9 Å². The topological polar surface area (TPSA) is 69.7 Å². The number of anilines is 1. The summed E-state index contributed by atoms with van der Waals surface area (Å²) in [5.74, 6) is 1.49. The second kappa shape index (κ2) is 10.4. The first-order chi connectivity index (χ1) is 16.1. The molecule has 4 aromatic rings. The molecule has 6 nitrogen and oxygen atoms in total. The Morgan fingerprint density at radius 3 is 2.55 bits per heavy atom. The van der Waals surface area contributed by atoms with E-state index in [1.54, 1.807) is 30.7 Å². The van der Waals surface area contributed by atoms with Crippen LogP contribution in [-0.4, -0.2) is 25.1 Å². The summed E-state index contributed by atoms with van der Waals surface area (Å²) in [6.07, 6.45) is 0. The normalized spacial score (nSPS) is 10.5. The number of hydrogen-bond donors (Lipinski definition) is 1. The molecule has 168 valence electrons. The van der Waals surface area contributed by atoms with Crippen LogP contribution in [0.5, 0.6) is 17.2 Å². The van der Waals surface area contributed by atoms with Gasteiger partial charge in [0.05, 0.1) is 25.5 Å². The van der Waals surface area contributed by atoms with Gasteiger partial charge in [0.1, 0.15) is 34.6 Å². The molecule has 0 atom stereocenters. The van der Waals surface area contributed by atoms with Crippen LogP contribution in [0.2, 0.25) is 5.02 Å². The number of hydrogen-bond acceptors (Lipinski definition) is 6. The molecule has 0 unspecified atom stereocenters. The number of nitrogens with zero attached hydrogens (tertiary/aromatic N) is 1. The van der Waals surface area contributed by atoms with Crippen LogP contribution in [0.15, 0.2) is 72.1 Å². The van der Waals surface area contributed by atoms with Crippen molar-refractivity contribution in [2.24, 2.45) is 0 Å². The zero-order valence-electron chi connectivity index (χ0n) is 18.0. The maximum Gasteiger partial charge on any atom is 0.275 e. The highest BCUT2D eigenvalue weighted by atomic mass is 35.5. The second-order valence-corrected chi connectivity index (χ2v) is 8.26. The largest absolute Gasteiger partial charge is 0.497 e. The van der Waals surface area contributed by atoms with Crippen LogP contribution >= 0.6 is 22.9 Å². The van der Waals surface area contributed by atoms with E-state index in [2.05, 4.69) is 10.3 Å². The lowest BCUT2D eigenvalue weighted by atomic mass is 10.2. The van der Waals surface area contributed by atoms with Gasteiger partial charge in [-0.15, -0.1) is 11.3 Å². The van der Waals surface area contributed by atoms with E-state index in [4.69, 9.17) is 25.8 Å². The Kier molecular flexibility index (Phi) is 7.12. The number of thiazole rings is 1. The smallest absolute Gasteiger partial charge is 0.275 e. The quantitative estimate of drug-likeness (QED) is 0.320. The fourth-order valence-corrected chi connectivity index (χ4v) is 4.06. The molecular formula is C25H21ClN2O4S. The molecule has 4 rings (SSSR count). The molecule has 1 aromatic heterocycles. The summed E-state index contributed by atoms with van der Waals surface area (Å²) in [5.41, 5.74) is 2.66. The van der Waals surface area contributed by atoms with E-state index in [-0.39, 0.29) is 5.91 Å². The minimum Gasteiger partial charge on any atom is -0.497 e. The average molecular weight is 481 g/mol. The summed E-state index contributed by atoms with van der Waals surface area (Å²) >= 11 is 7.33. The van der Waals surface area contributed by atoms with Crippen LogP contribution in [0.4, 0.5) is 5.69 Å². The van der Waals surface area contributed by atoms with Crippen LogP contribution in [0.3, 0.4) is 0 Å². The Labute approximate surface area is 200 Å². The van der Waals surface area contributed by atoms with Crippen molar-refractivity contribution in [1.82, 2.24) is 4.98 Å². The number of rotatable bonds is 8. The van der Waals surface area contributed by atoms with E-state index in [0.29, 0.717) is 45.3 Å². The van der Waals surface area contributed by atoms with Gasteiger partial charge in [0.15, 0.2) is 0 Å². The number of para-hydroxylation sites is 1. The molecule has 1 amide bonds. The third-order valence-electron chi connectivity index (χ3n) is 4.82. The van der Waals surface area contributed by atoms with Crippen LogP contribution in [0.1, 0.15) is 16.1 Å². The van der Waals surface area contributed by atoms with E-state index >= 15 is 0 Å². The third-order valence-corrected chi connectivity index (χ3v) is 5.95. The Morgan fingerprint density at radius 1 is 1.00 bits per heavy atom. The Bertz CT molecular complexity index is 1260. The summed E-state index contributed by atoms with van der Waals surface area (Å²) in [6.45, 7) is 0.393. The van der Waals surface area contributed by atoms with Crippen LogP contribution in [-0.2, 0) is 6.61 Å². The first-order valence-electron chi connectivity index (χ1n) is 10.0. The molecule has 0 aliphatic heterocycles. The number of halogens is 1. The standard InChI is InChI=1S/C25H21ClN2O4S/c1-30-18-11-12-20(23(13-18)31-2)27-24(29)21-15-33-25(28-21)19-5-3-4-6-22(19)32-14-16-7-9-17(26)10-8-16/h3-13,15H,14H2,1-2H3,(H,27,29). The van der Waals surface area contributed by atoms with Gasteiger partial charge in [-0.2, -0.15) is 0 Å². The monoisotopic (exact) mass is 480 g/mol. The molecule has 3 aromatic carbocycles. The average Bonchev–Trinajstić information content (AvgIpc) is 3.34. The molecule has 0 saturated heterocycles. The first kappa shape index (κ1) is 22.6. The Morgan fingerprint density at radius 2 is 1.79 bits per heavy atom. The summed E-state index contributed by atoms with van der Waals surface area (Å²) in [4.78, 5) is 17.3. The number of methoxy groups -OCH3 is 2. The van der Waals surface area contributed by atoms with Crippen LogP contribution in [0.25, 0.3) is 10.6 Å². The van der Waals surface area contributed by atoms with Crippen molar-refractivity contribution in [1.29, 1.82) is 0 Å². The molecule has 33 heavy (non-hydrogen) atoms. The number of carbonyl (C=O) groups is 1. The molecule has 0 radical (unpaired) electrons. The van der Waals surface area contributed by atoms with Crippen LogP contribution in [0, 0.1) is 0 Å². The molecule has 0 fully saturated rings. The number of carbonyl (C=O) groups excluding carboxylic acids is 1. The SMILES string of the molecule is COc1ccc(NC(=O)c2csc(-c3ccccc3OCc3ccc(Cl)cc3)n2)c(OC)c1. The van der Waals surface area contributed by atoms with Crippen molar-refractivity contribution >= 4 is 34.5 Å². The van der Waals surface area contributed by atoms with E-state index in [9.17, 15) is 4.79 Å². The van der Waals surface area contributed by atoms with Gasteiger partial charge < -0.3 is 19.5 Å². The van der Waals surface area contributed by atoms with Crippen LogP contribution < -0.4 is 19.5 Å². The summed E-state index contributed by atoms with van der Waals surface area (Å²) in [5, 5.41) is 5.93. The fraction of sp³-hybridized carbons (Fsp3) is 0.120. The molecule has 0 aliphatic carbocycles. The third kappa shape index (κ3) is 5.45. The lowest BCUT2D eigenvalue weighted by Crippen LogP contribution is -2.13. The predicted octanol–water partition coefficient (Wildman–Crippen LogP) is 6.31. The van der Waals surface area contributed by atoms with Gasteiger partial charge in [-0.3, -0.25) is 4.79 Å². The van der Waals surface area contributed by atoms with Gasteiger partial charge in [0.2, 0.25) is 0 Å². The molecule has 0 aliphatic rings. The van der Waals surface area contributed by atoms with E-state index in [0.717, 1.165) is 11.1 Å². The molecule has 0 bridgehead atoms. The summed E-state index contributed by atoms with van der Waals surface area (Å²) in [7, 11) is 3.10. The number of aromatic nitrogens is 1. The molecule has 8 heteroatoms. The molecular weight excluding hydrogens is 460 g/mol. The van der Waals surface area contributed by atoms with E-state index < -0.39 is 0 Å². The molecule has 1 heterocycles. The highest BCUT2D eigenvalue weighted by molar-refractivity contribution is 7.13. The number of nitrogens with one attached hydrogen (secondary N) is 1. The Hall–Kier alpha value is -3.55. The van der Waals surface area contributed by atoms with E-state index in [1.807, 2.05) is 48.5 Å². The van der Waals surface area contributed by atoms with Gasteiger partial charge in [-0.05, 0) is 42.0 Å². The van der Waals surface area contributed by atoms with Gasteiger partial charge in [-0.25, -0.2) is 4.98 Å². The van der Waals surface area contributed by atoms with Crippen molar-refractivity contribution in [2.75, 3.05) is 19.5 Å². The van der Waals surface area contributed by atoms with Gasteiger partial charge in [0, 0.05) is 16.5 Å². The minimum absolute atomic E-state index is 0.306. The number of benzene rings is 3. The summed E-state index contributed by atoms with van der Waals surface area (Å²) in [6, 6.07) is 20.3. The number of amides is 1. The second-order valence-electron chi connectivity index (χ2n) is 6.97. The lowest BCUT2D eigenvalue weighted by molar-refractivity contribution is 0.102. The Balaban J connectivity index is 1.50. The van der Waals surface area contributed by atoms with Gasteiger partial charge in [0.25, 0.3) is 5.91 Å². The van der Waals surface area contributed by atoms with Gasteiger partial charge >= 0.3 is 0 Å². The first-order valence-corrected chi connectivity index (χ1v) is 11.3. The maximum absolute atomic E-state index is 12.8. The fourth-order valence-electron chi connectivity index (χ4n) is 3.10. The van der Waals surface area contributed by atoms with E-state index in [1.165, 1.54) is 18.4 Å². The van der Waals surface area contributed by atoms with Crippen molar-refractivity contribution in [3.8, 4) is 27.8 Å². The highest BCUT2D eigenvalue weighted by Gasteiger charge is 2.16. The van der Waals surface area contributed by atoms with Crippen molar-refractivity contribution in [2.45, 2.75) is 6.61 Å². The lowest BCUT2D eigenvalue weighted by Gasteiger charge is -2.11. The van der Waals surface area contributed by atoms with Crippen molar-refractivity contribution < 1.29 is 19.0 Å². The highest BCUT2D eigenvalue weighted by Crippen LogP contribution is 2.34. The number of ether oxygens (including phenoxy) is 3. The molecule has 0 saturated carbocycles.